The molecule has 0 unspecified atom stereocenters. The van der Waals surface area contributed by atoms with Crippen molar-refractivity contribution in [1.82, 2.24) is 4.90 Å². The normalized spacial score (nSPS) is 14.9. The molecule has 3 rings (SSSR count). The molecular formula is C21H18N2O5S. The predicted molar refractivity (Wildman–Crippen MR) is 110 cm³/mol. The summed E-state index contributed by atoms with van der Waals surface area (Å²) in [7, 11) is 0. The minimum absolute atomic E-state index is 0.271. The summed E-state index contributed by atoms with van der Waals surface area (Å²) in [6.45, 7) is 1.59. The molecule has 8 heteroatoms. The van der Waals surface area contributed by atoms with Crippen LogP contribution >= 0.6 is 11.8 Å². The standard InChI is InChI=1S/C21H18N2O5S/c1-2-28-20(26)15-8-10-16(11-9-15)22-18(24)13-23-19(25)17(29-21(23)27)12-14-6-4-3-5-7-14/h3-12H,2,13H2,1H3,(H,22,24)/b17-12+. The highest BCUT2D eigenvalue weighted by atomic mass is 32.2. The van der Waals surface area contributed by atoms with Gasteiger partial charge in [-0.15, -0.1) is 0 Å². The molecule has 148 valence electrons. The Hall–Kier alpha value is -3.39. The zero-order valence-corrected chi connectivity index (χ0v) is 16.4. The molecule has 29 heavy (non-hydrogen) atoms. The number of anilines is 1. The van der Waals surface area contributed by atoms with E-state index in [1.807, 2.05) is 30.3 Å². The van der Waals surface area contributed by atoms with Crippen LogP contribution in [0.4, 0.5) is 10.5 Å². The molecule has 1 aliphatic heterocycles. The summed E-state index contributed by atoms with van der Waals surface area (Å²) in [5, 5.41) is 2.11. The zero-order valence-electron chi connectivity index (χ0n) is 15.6. The van der Waals surface area contributed by atoms with Crippen LogP contribution in [0.3, 0.4) is 0 Å². The molecule has 0 radical (unpaired) electrons. The highest BCUT2D eigenvalue weighted by molar-refractivity contribution is 8.18. The lowest BCUT2D eigenvalue weighted by atomic mass is 10.2. The van der Waals surface area contributed by atoms with Gasteiger partial charge in [0.05, 0.1) is 17.1 Å². The SMILES string of the molecule is CCOC(=O)c1ccc(NC(=O)CN2C(=O)S/C(=C/c3ccccc3)C2=O)cc1. The Labute approximate surface area is 171 Å². The van der Waals surface area contributed by atoms with Gasteiger partial charge in [0.25, 0.3) is 11.1 Å². The van der Waals surface area contributed by atoms with E-state index in [-0.39, 0.29) is 11.5 Å². The lowest BCUT2D eigenvalue weighted by molar-refractivity contribution is -0.127. The molecule has 0 aliphatic carbocycles. The molecular weight excluding hydrogens is 392 g/mol. The van der Waals surface area contributed by atoms with Gasteiger partial charge in [-0.2, -0.15) is 0 Å². The number of rotatable bonds is 6. The van der Waals surface area contributed by atoms with E-state index in [9.17, 15) is 19.2 Å². The molecule has 2 aromatic rings. The Morgan fingerprint density at radius 1 is 1.07 bits per heavy atom. The van der Waals surface area contributed by atoms with Crippen molar-refractivity contribution in [3.63, 3.8) is 0 Å². The third-order valence-corrected chi connectivity index (χ3v) is 4.86. The van der Waals surface area contributed by atoms with Crippen LogP contribution < -0.4 is 5.32 Å². The van der Waals surface area contributed by atoms with E-state index in [0.29, 0.717) is 11.3 Å². The quantitative estimate of drug-likeness (QED) is 0.578. The minimum atomic E-state index is -0.517. The van der Waals surface area contributed by atoms with Gasteiger partial charge in [0.2, 0.25) is 5.91 Å². The number of hydrogen-bond donors (Lipinski definition) is 1. The highest BCUT2D eigenvalue weighted by Gasteiger charge is 2.36. The van der Waals surface area contributed by atoms with Gasteiger partial charge in [-0.05, 0) is 54.6 Å². The van der Waals surface area contributed by atoms with Crippen LogP contribution in [0.5, 0.6) is 0 Å². The molecule has 1 N–H and O–H groups in total. The van der Waals surface area contributed by atoms with Crippen molar-refractivity contribution < 1.29 is 23.9 Å². The Morgan fingerprint density at radius 2 is 1.76 bits per heavy atom. The van der Waals surface area contributed by atoms with E-state index in [0.717, 1.165) is 22.2 Å². The average molecular weight is 410 g/mol. The van der Waals surface area contributed by atoms with Crippen molar-refractivity contribution in [1.29, 1.82) is 0 Å². The van der Waals surface area contributed by atoms with Crippen LogP contribution in [-0.4, -0.2) is 41.1 Å². The van der Waals surface area contributed by atoms with Gasteiger partial charge in [-0.25, -0.2) is 4.79 Å². The summed E-state index contributed by atoms with van der Waals surface area (Å²) >= 11 is 0.802. The Kier molecular flexibility index (Phi) is 6.46. The Bertz CT molecular complexity index is 970. The monoisotopic (exact) mass is 410 g/mol. The topological polar surface area (TPSA) is 92.8 Å². The third-order valence-electron chi connectivity index (χ3n) is 3.95. The average Bonchev–Trinajstić information content (AvgIpc) is 2.97. The summed E-state index contributed by atoms with van der Waals surface area (Å²) < 4.78 is 4.90. The molecule has 0 bridgehead atoms. The lowest BCUT2D eigenvalue weighted by Crippen LogP contribution is -2.36. The summed E-state index contributed by atoms with van der Waals surface area (Å²) in [4.78, 5) is 49.7. The lowest BCUT2D eigenvalue weighted by Gasteiger charge is -2.12. The van der Waals surface area contributed by atoms with Crippen LogP contribution in [0, 0.1) is 0 Å². The summed E-state index contributed by atoms with van der Waals surface area (Å²) in [5.74, 6) is -1.47. The maximum atomic E-state index is 12.5. The molecule has 2 aromatic carbocycles. The summed E-state index contributed by atoms with van der Waals surface area (Å²) in [6, 6.07) is 15.3. The second kappa shape index (κ2) is 9.20. The largest absolute Gasteiger partial charge is 0.462 e. The van der Waals surface area contributed by atoms with Crippen LogP contribution in [-0.2, 0) is 14.3 Å². The van der Waals surface area contributed by atoms with E-state index < -0.39 is 29.6 Å². The van der Waals surface area contributed by atoms with E-state index in [2.05, 4.69) is 5.32 Å². The second-order valence-electron chi connectivity index (χ2n) is 6.02. The number of nitrogens with zero attached hydrogens (tertiary/aromatic N) is 1. The first kappa shape index (κ1) is 20.3. The molecule has 0 aromatic heterocycles. The first-order valence-corrected chi connectivity index (χ1v) is 9.67. The van der Waals surface area contributed by atoms with Gasteiger partial charge in [0.1, 0.15) is 6.54 Å². The third kappa shape index (κ3) is 5.11. The molecule has 0 spiro atoms. The number of nitrogens with one attached hydrogen (secondary N) is 1. The van der Waals surface area contributed by atoms with Crippen molar-refractivity contribution in [2.75, 3.05) is 18.5 Å². The molecule has 0 saturated carbocycles. The number of ether oxygens (including phenoxy) is 1. The number of imide groups is 1. The maximum absolute atomic E-state index is 12.5. The first-order chi connectivity index (χ1) is 14.0. The van der Waals surface area contributed by atoms with Gasteiger partial charge in [0.15, 0.2) is 0 Å². The Morgan fingerprint density at radius 3 is 2.41 bits per heavy atom. The number of thioether (sulfide) groups is 1. The van der Waals surface area contributed by atoms with Crippen LogP contribution in [0.25, 0.3) is 6.08 Å². The van der Waals surface area contributed by atoms with Gasteiger partial charge < -0.3 is 10.1 Å². The Balaban J connectivity index is 1.62. The van der Waals surface area contributed by atoms with Crippen molar-refractivity contribution in [2.45, 2.75) is 6.92 Å². The molecule has 1 fully saturated rings. The van der Waals surface area contributed by atoms with Gasteiger partial charge in [-0.3, -0.25) is 19.3 Å². The number of amides is 3. The molecule has 0 atom stereocenters. The maximum Gasteiger partial charge on any atom is 0.338 e. The molecule has 3 amide bonds. The van der Waals surface area contributed by atoms with E-state index >= 15 is 0 Å². The number of esters is 1. The molecule has 1 aliphatic rings. The minimum Gasteiger partial charge on any atom is -0.462 e. The highest BCUT2D eigenvalue weighted by Crippen LogP contribution is 2.32. The van der Waals surface area contributed by atoms with Crippen molar-refractivity contribution in [2.24, 2.45) is 0 Å². The van der Waals surface area contributed by atoms with Crippen LogP contribution in [0.15, 0.2) is 59.5 Å². The number of hydrogen-bond acceptors (Lipinski definition) is 6. The van der Waals surface area contributed by atoms with Crippen molar-refractivity contribution >= 4 is 46.5 Å². The number of benzene rings is 2. The molecule has 1 saturated heterocycles. The molecule has 1 heterocycles. The van der Waals surface area contributed by atoms with Crippen LogP contribution in [0.1, 0.15) is 22.8 Å². The van der Waals surface area contributed by atoms with Gasteiger partial charge >= 0.3 is 5.97 Å². The predicted octanol–water partition coefficient (Wildman–Crippen LogP) is 3.54. The van der Waals surface area contributed by atoms with Crippen molar-refractivity contribution in [3.05, 3.63) is 70.6 Å². The fraction of sp³-hybridized carbons (Fsp3) is 0.143. The van der Waals surface area contributed by atoms with E-state index in [1.54, 1.807) is 25.1 Å². The molecule has 7 nitrogen and oxygen atoms in total. The first-order valence-electron chi connectivity index (χ1n) is 8.85. The second-order valence-corrected chi connectivity index (χ2v) is 7.02. The van der Waals surface area contributed by atoms with Gasteiger partial charge in [-0.1, -0.05) is 30.3 Å². The van der Waals surface area contributed by atoms with Crippen molar-refractivity contribution in [3.8, 4) is 0 Å². The fourth-order valence-electron chi connectivity index (χ4n) is 2.59. The van der Waals surface area contributed by atoms with Crippen LogP contribution in [0.2, 0.25) is 0 Å². The summed E-state index contributed by atoms with van der Waals surface area (Å²) in [6.07, 6.45) is 1.62. The summed E-state index contributed by atoms with van der Waals surface area (Å²) in [5.41, 5.74) is 1.60. The smallest absolute Gasteiger partial charge is 0.338 e. The zero-order chi connectivity index (χ0) is 20.8. The van der Waals surface area contributed by atoms with Gasteiger partial charge in [0, 0.05) is 5.69 Å². The number of carbonyl (C=O) groups excluding carboxylic acids is 4. The van der Waals surface area contributed by atoms with E-state index in [4.69, 9.17) is 4.74 Å². The fourth-order valence-corrected chi connectivity index (χ4v) is 3.42. The van der Waals surface area contributed by atoms with E-state index in [1.165, 1.54) is 12.1 Å². The number of carbonyl (C=O) groups is 4.